The van der Waals surface area contributed by atoms with Gasteiger partial charge >= 0.3 is 0 Å². The second kappa shape index (κ2) is 5.51. The fourth-order valence-electron chi connectivity index (χ4n) is 2.32. The maximum Gasteiger partial charge on any atom is 0.142 e. The van der Waals surface area contributed by atoms with Gasteiger partial charge < -0.3 is 4.74 Å². The number of imidazole rings is 1. The molecule has 3 rings (SSSR count). The molecule has 0 saturated carbocycles. The molecule has 0 atom stereocenters. The summed E-state index contributed by atoms with van der Waals surface area (Å²) >= 11 is 5.90. The predicted octanol–water partition coefficient (Wildman–Crippen LogP) is 3.21. The third kappa shape index (κ3) is 2.12. The molecular weight excluding hydrogens is 274 g/mol. The van der Waals surface area contributed by atoms with Crippen LogP contribution in [0.5, 0.6) is 5.75 Å². The Morgan fingerprint density at radius 1 is 1.25 bits per heavy atom. The van der Waals surface area contributed by atoms with Crippen molar-refractivity contribution in [1.82, 2.24) is 14.5 Å². The highest BCUT2D eigenvalue weighted by molar-refractivity contribution is 6.17. The number of hydrogen-bond donors (Lipinski definition) is 0. The first-order valence-corrected chi connectivity index (χ1v) is 6.89. The number of para-hydroxylation sites is 2. The highest BCUT2D eigenvalue weighted by atomic mass is 35.5. The van der Waals surface area contributed by atoms with Crippen molar-refractivity contribution in [3.05, 3.63) is 48.5 Å². The standard InChI is InChI=1S/C15H14ClN3O/c1-20-14-5-3-2-4-13(14)19-12-7-9-17-10-11(12)18-15(19)6-8-16/h2-5,7,9-10H,6,8H2,1H3. The van der Waals surface area contributed by atoms with E-state index < -0.39 is 0 Å². The number of aryl methyl sites for hydroxylation is 1. The maximum atomic E-state index is 5.90. The third-order valence-electron chi connectivity index (χ3n) is 3.17. The molecule has 0 N–H and O–H groups in total. The van der Waals surface area contributed by atoms with Gasteiger partial charge in [0.15, 0.2) is 0 Å². The summed E-state index contributed by atoms with van der Waals surface area (Å²) in [7, 11) is 1.67. The van der Waals surface area contributed by atoms with Gasteiger partial charge in [0.1, 0.15) is 17.1 Å². The molecule has 0 radical (unpaired) electrons. The summed E-state index contributed by atoms with van der Waals surface area (Å²) in [5.74, 6) is 2.23. The predicted molar refractivity (Wildman–Crippen MR) is 79.8 cm³/mol. The molecule has 5 heteroatoms. The average Bonchev–Trinajstić information content (AvgIpc) is 2.85. The third-order valence-corrected chi connectivity index (χ3v) is 3.36. The molecule has 3 aromatic rings. The lowest BCUT2D eigenvalue weighted by molar-refractivity contribution is 0.413. The van der Waals surface area contributed by atoms with Crippen LogP contribution in [0.2, 0.25) is 0 Å². The zero-order valence-corrected chi connectivity index (χ0v) is 11.8. The molecular formula is C15H14ClN3O. The normalized spacial score (nSPS) is 10.9. The first-order chi connectivity index (χ1) is 9.85. The number of alkyl halides is 1. The summed E-state index contributed by atoms with van der Waals surface area (Å²) in [4.78, 5) is 8.74. The number of pyridine rings is 1. The molecule has 102 valence electrons. The lowest BCUT2D eigenvalue weighted by Crippen LogP contribution is -2.04. The lowest BCUT2D eigenvalue weighted by atomic mass is 10.2. The van der Waals surface area contributed by atoms with Crippen molar-refractivity contribution in [3.63, 3.8) is 0 Å². The fourth-order valence-corrected chi connectivity index (χ4v) is 2.49. The van der Waals surface area contributed by atoms with Crippen LogP contribution < -0.4 is 4.74 Å². The molecule has 20 heavy (non-hydrogen) atoms. The van der Waals surface area contributed by atoms with Crippen LogP contribution in [0.1, 0.15) is 5.82 Å². The van der Waals surface area contributed by atoms with Gasteiger partial charge in [0.2, 0.25) is 0 Å². The van der Waals surface area contributed by atoms with Crippen molar-refractivity contribution < 1.29 is 4.74 Å². The van der Waals surface area contributed by atoms with E-state index in [1.807, 2.05) is 30.3 Å². The SMILES string of the molecule is COc1ccccc1-n1c(CCCl)nc2cnccc21. The van der Waals surface area contributed by atoms with Crippen molar-refractivity contribution in [3.8, 4) is 11.4 Å². The lowest BCUT2D eigenvalue weighted by Gasteiger charge is -2.12. The minimum atomic E-state index is 0.520. The molecule has 0 amide bonds. The Labute approximate surface area is 122 Å². The number of hydrogen-bond acceptors (Lipinski definition) is 3. The number of benzene rings is 1. The number of fused-ring (bicyclic) bond motifs is 1. The minimum absolute atomic E-state index is 0.520. The summed E-state index contributed by atoms with van der Waals surface area (Å²) in [6, 6.07) is 9.83. The van der Waals surface area contributed by atoms with Crippen LogP contribution in [-0.2, 0) is 6.42 Å². The van der Waals surface area contributed by atoms with Crippen molar-refractivity contribution >= 4 is 22.6 Å². The number of rotatable bonds is 4. The van der Waals surface area contributed by atoms with E-state index in [1.165, 1.54) is 0 Å². The summed E-state index contributed by atoms with van der Waals surface area (Å²) in [5.41, 5.74) is 2.83. The van der Waals surface area contributed by atoms with Gasteiger partial charge in [-0.05, 0) is 18.2 Å². The Balaban J connectivity index is 2.30. The highest BCUT2D eigenvalue weighted by Crippen LogP contribution is 2.28. The number of halogens is 1. The van der Waals surface area contributed by atoms with E-state index in [-0.39, 0.29) is 0 Å². The zero-order chi connectivity index (χ0) is 13.9. The fraction of sp³-hybridized carbons (Fsp3) is 0.200. The molecule has 0 aliphatic carbocycles. The van der Waals surface area contributed by atoms with Gasteiger partial charge in [-0.15, -0.1) is 11.6 Å². The molecule has 0 bridgehead atoms. The average molecular weight is 288 g/mol. The molecule has 0 aliphatic rings. The summed E-state index contributed by atoms with van der Waals surface area (Å²) in [6.07, 6.45) is 4.22. The van der Waals surface area contributed by atoms with Gasteiger partial charge in [-0.1, -0.05) is 12.1 Å². The quantitative estimate of drug-likeness (QED) is 0.692. The van der Waals surface area contributed by atoms with Crippen LogP contribution >= 0.6 is 11.6 Å². The Morgan fingerprint density at radius 2 is 2.10 bits per heavy atom. The van der Waals surface area contributed by atoms with E-state index in [9.17, 15) is 0 Å². The Hall–Kier alpha value is -2.07. The van der Waals surface area contributed by atoms with Gasteiger partial charge in [0.05, 0.1) is 24.5 Å². The van der Waals surface area contributed by atoms with E-state index in [1.54, 1.807) is 19.5 Å². The molecule has 4 nitrogen and oxygen atoms in total. The van der Waals surface area contributed by atoms with E-state index in [0.717, 1.165) is 28.3 Å². The van der Waals surface area contributed by atoms with Crippen molar-refractivity contribution in [2.45, 2.75) is 6.42 Å². The topological polar surface area (TPSA) is 39.9 Å². The number of methoxy groups -OCH3 is 1. The van der Waals surface area contributed by atoms with Crippen LogP contribution in [0.25, 0.3) is 16.7 Å². The smallest absolute Gasteiger partial charge is 0.142 e. The van der Waals surface area contributed by atoms with Crippen LogP contribution in [0.3, 0.4) is 0 Å². The molecule has 0 saturated heterocycles. The van der Waals surface area contributed by atoms with E-state index in [2.05, 4.69) is 14.5 Å². The maximum absolute atomic E-state index is 5.90. The Kier molecular flexibility index (Phi) is 3.56. The van der Waals surface area contributed by atoms with Gasteiger partial charge in [0, 0.05) is 18.5 Å². The molecule has 1 aromatic carbocycles. The van der Waals surface area contributed by atoms with E-state index in [4.69, 9.17) is 16.3 Å². The minimum Gasteiger partial charge on any atom is -0.495 e. The van der Waals surface area contributed by atoms with Crippen molar-refractivity contribution in [2.75, 3.05) is 13.0 Å². The molecule has 2 heterocycles. The monoisotopic (exact) mass is 287 g/mol. The largest absolute Gasteiger partial charge is 0.495 e. The molecule has 0 fully saturated rings. The highest BCUT2D eigenvalue weighted by Gasteiger charge is 2.14. The first-order valence-electron chi connectivity index (χ1n) is 6.36. The zero-order valence-electron chi connectivity index (χ0n) is 11.1. The van der Waals surface area contributed by atoms with Crippen molar-refractivity contribution in [1.29, 1.82) is 0 Å². The molecule has 0 spiro atoms. The molecule has 0 aliphatic heterocycles. The van der Waals surface area contributed by atoms with Crippen molar-refractivity contribution in [2.24, 2.45) is 0 Å². The number of ether oxygens (including phenoxy) is 1. The van der Waals surface area contributed by atoms with Crippen LogP contribution in [0.15, 0.2) is 42.7 Å². The van der Waals surface area contributed by atoms with E-state index >= 15 is 0 Å². The number of nitrogens with zero attached hydrogens (tertiary/aromatic N) is 3. The van der Waals surface area contributed by atoms with Gasteiger partial charge in [-0.25, -0.2) is 4.98 Å². The van der Waals surface area contributed by atoms with Crippen LogP contribution in [-0.4, -0.2) is 27.5 Å². The first kappa shape index (κ1) is 12.9. The molecule has 0 unspecified atom stereocenters. The van der Waals surface area contributed by atoms with Gasteiger partial charge in [-0.2, -0.15) is 0 Å². The molecule has 2 aromatic heterocycles. The Bertz CT molecular complexity index is 739. The second-order valence-corrected chi connectivity index (χ2v) is 4.72. The Morgan fingerprint density at radius 3 is 2.90 bits per heavy atom. The summed E-state index contributed by atoms with van der Waals surface area (Å²) in [5, 5.41) is 0. The summed E-state index contributed by atoms with van der Waals surface area (Å²) < 4.78 is 7.54. The number of aromatic nitrogens is 3. The second-order valence-electron chi connectivity index (χ2n) is 4.34. The van der Waals surface area contributed by atoms with Crippen LogP contribution in [0, 0.1) is 0 Å². The summed E-state index contributed by atoms with van der Waals surface area (Å²) in [6.45, 7) is 0. The van der Waals surface area contributed by atoms with E-state index in [0.29, 0.717) is 12.3 Å². The van der Waals surface area contributed by atoms with Crippen LogP contribution in [0.4, 0.5) is 0 Å². The van der Waals surface area contributed by atoms with Gasteiger partial charge in [-0.3, -0.25) is 9.55 Å². The van der Waals surface area contributed by atoms with Gasteiger partial charge in [0.25, 0.3) is 0 Å².